The van der Waals surface area contributed by atoms with Crippen LogP contribution in [-0.4, -0.2) is 26.9 Å². The van der Waals surface area contributed by atoms with Crippen LogP contribution in [0.3, 0.4) is 0 Å². The van der Waals surface area contributed by atoms with Gasteiger partial charge in [0, 0.05) is 0 Å². The monoisotopic (exact) mass is 324 g/mol. The molecule has 2 aromatic rings. The first kappa shape index (κ1) is 15.7. The number of fused-ring (bicyclic) bond motifs is 1. The molecule has 0 amide bonds. The molecule has 0 bridgehead atoms. The van der Waals surface area contributed by atoms with E-state index in [1.165, 1.54) is 5.92 Å². The number of anilines is 1. The number of aromatic nitrogens is 3. The molecule has 0 aromatic carbocycles. The predicted molar refractivity (Wildman–Crippen MR) is 61.7 cm³/mol. The summed E-state index contributed by atoms with van der Waals surface area (Å²) in [5.41, 5.74) is 3.29. The number of nitrogen functional groups attached to an aromatic ring is 1. The average molecular weight is 324 g/mol. The average Bonchev–Trinajstić information content (AvgIpc) is 2.73. The van der Waals surface area contributed by atoms with E-state index >= 15 is 0 Å². The van der Waals surface area contributed by atoms with Crippen molar-refractivity contribution in [3.8, 4) is 18.1 Å². The van der Waals surface area contributed by atoms with Gasteiger partial charge in [-0.2, -0.15) is 31.3 Å². The van der Waals surface area contributed by atoms with Gasteiger partial charge >= 0.3 is 12.4 Å². The summed E-state index contributed by atoms with van der Waals surface area (Å²) in [5.74, 6) is 0.157. The lowest BCUT2D eigenvalue weighted by atomic mass is 10.3. The van der Waals surface area contributed by atoms with Crippen molar-refractivity contribution >= 4 is 11.6 Å². The van der Waals surface area contributed by atoms with E-state index in [0.717, 1.165) is 0 Å². The highest BCUT2D eigenvalue weighted by Crippen LogP contribution is 2.33. The zero-order valence-corrected chi connectivity index (χ0v) is 10.4. The first-order valence-corrected chi connectivity index (χ1v) is 5.46. The molecule has 2 rings (SSSR count). The maximum atomic E-state index is 12.8. The molecule has 5 nitrogen and oxygen atoms in total. The summed E-state index contributed by atoms with van der Waals surface area (Å²) in [6, 6.07) is 1.16. The Morgan fingerprint density at radius 2 is 1.86 bits per heavy atom. The summed E-state index contributed by atoms with van der Waals surface area (Å²) in [5, 5.41) is 3.29. The van der Waals surface area contributed by atoms with Gasteiger partial charge in [-0.3, -0.25) is 0 Å². The molecule has 0 aliphatic heterocycles. The molecule has 22 heavy (non-hydrogen) atoms. The highest BCUT2D eigenvalue weighted by molar-refractivity contribution is 5.56. The first-order valence-electron chi connectivity index (χ1n) is 5.46. The van der Waals surface area contributed by atoms with E-state index in [9.17, 15) is 26.3 Å². The lowest BCUT2D eigenvalue weighted by Crippen LogP contribution is -2.33. The molecule has 2 aromatic heterocycles. The van der Waals surface area contributed by atoms with Crippen LogP contribution in [0, 0.1) is 12.3 Å². The highest BCUT2D eigenvalue weighted by atomic mass is 19.4. The molecular weight excluding hydrogens is 318 g/mol. The molecule has 0 fully saturated rings. The maximum absolute atomic E-state index is 12.8. The number of nitrogens with zero attached hydrogens (tertiary/aromatic N) is 3. The minimum Gasteiger partial charge on any atom is -0.464 e. The third-order valence-electron chi connectivity index (χ3n) is 2.45. The first-order chi connectivity index (χ1) is 10.0. The molecule has 1 atom stereocenters. The Kier molecular flexibility index (Phi) is 3.56. The molecule has 0 saturated carbocycles. The van der Waals surface area contributed by atoms with Gasteiger partial charge in [0.25, 0.3) is 6.10 Å². The Balaban J connectivity index is 2.56. The van der Waals surface area contributed by atoms with Gasteiger partial charge < -0.3 is 10.5 Å². The Morgan fingerprint density at radius 3 is 2.36 bits per heavy atom. The molecule has 0 spiro atoms. The third-order valence-corrected chi connectivity index (χ3v) is 2.45. The van der Waals surface area contributed by atoms with Crippen LogP contribution in [0.4, 0.5) is 32.3 Å². The molecule has 11 heteroatoms. The van der Waals surface area contributed by atoms with Gasteiger partial charge in [0.1, 0.15) is 5.69 Å². The third kappa shape index (κ3) is 2.85. The molecule has 0 aliphatic carbocycles. The van der Waals surface area contributed by atoms with Crippen LogP contribution in [0.25, 0.3) is 5.65 Å². The van der Waals surface area contributed by atoms with E-state index in [1.807, 2.05) is 0 Å². The second kappa shape index (κ2) is 4.97. The second-order valence-electron chi connectivity index (χ2n) is 3.99. The van der Waals surface area contributed by atoms with E-state index in [4.69, 9.17) is 12.2 Å². The number of hydrogen-bond donors (Lipinski definition) is 1. The van der Waals surface area contributed by atoms with Crippen molar-refractivity contribution in [3.63, 3.8) is 0 Å². The second-order valence-corrected chi connectivity index (χ2v) is 3.99. The van der Waals surface area contributed by atoms with E-state index in [-0.39, 0.29) is 4.52 Å². The van der Waals surface area contributed by atoms with Crippen LogP contribution in [-0.2, 0) is 6.18 Å². The van der Waals surface area contributed by atoms with E-state index in [1.54, 1.807) is 0 Å². The van der Waals surface area contributed by atoms with Crippen molar-refractivity contribution in [3.05, 3.63) is 17.8 Å². The van der Waals surface area contributed by atoms with Crippen molar-refractivity contribution in [2.24, 2.45) is 0 Å². The lowest BCUT2D eigenvalue weighted by Gasteiger charge is -2.17. The number of terminal acetylenes is 1. The van der Waals surface area contributed by atoms with Crippen molar-refractivity contribution in [2.45, 2.75) is 18.5 Å². The topological polar surface area (TPSA) is 65.4 Å². The SMILES string of the molecule is C#C[C@H](Oc1ccc(C(F)(F)F)n2nc(N)nc12)C(F)(F)F. The number of rotatable bonds is 2. The standard InChI is InChI=1S/C11H6F6N4O/c1-2-7(11(15,16)17)22-5-3-4-6(10(12,13)14)21-8(5)19-9(18)20-21/h1,3-4,7H,(H2,18,20)/t7-/m0/s1. The molecule has 0 radical (unpaired) electrons. The minimum atomic E-state index is -4.90. The minimum absolute atomic E-state index is 0.245. The fraction of sp³-hybridized carbons (Fsp3) is 0.273. The Morgan fingerprint density at radius 1 is 1.23 bits per heavy atom. The smallest absolute Gasteiger partial charge is 0.437 e. The Labute approximate surface area is 118 Å². The normalized spacial score (nSPS) is 13.9. The fourth-order valence-electron chi connectivity index (χ4n) is 1.58. The Bertz CT molecular complexity index is 742. The molecular formula is C11H6F6N4O. The van der Waals surface area contributed by atoms with Crippen LogP contribution in [0.5, 0.6) is 5.75 Å². The molecule has 2 N–H and O–H groups in total. The van der Waals surface area contributed by atoms with Gasteiger partial charge in [0.05, 0.1) is 0 Å². The number of halogens is 6. The number of alkyl halides is 6. The summed E-state index contributed by atoms with van der Waals surface area (Å²) in [6.45, 7) is 0. The van der Waals surface area contributed by atoms with E-state index in [2.05, 4.69) is 14.8 Å². The molecule has 118 valence electrons. The van der Waals surface area contributed by atoms with Gasteiger partial charge in [-0.05, 0) is 12.1 Å². The summed E-state index contributed by atoms with van der Waals surface area (Å²) < 4.78 is 80.8. The number of hydrogen-bond acceptors (Lipinski definition) is 4. The zero-order chi connectivity index (χ0) is 16.7. The van der Waals surface area contributed by atoms with Crippen LogP contribution >= 0.6 is 0 Å². The van der Waals surface area contributed by atoms with Crippen LogP contribution < -0.4 is 10.5 Å². The van der Waals surface area contributed by atoms with Gasteiger partial charge in [-0.15, -0.1) is 11.5 Å². The van der Waals surface area contributed by atoms with Crippen molar-refractivity contribution in [1.82, 2.24) is 14.6 Å². The fourth-order valence-corrected chi connectivity index (χ4v) is 1.58. The molecule has 2 heterocycles. The van der Waals surface area contributed by atoms with Gasteiger partial charge in [0.15, 0.2) is 11.4 Å². The molecule has 0 saturated heterocycles. The van der Waals surface area contributed by atoms with Gasteiger partial charge in [0.2, 0.25) is 5.95 Å². The van der Waals surface area contributed by atoms with Crippen LogP contribution in [0.1, 0.15) is 5.69 Å². The number of nitrogens with two attached hydrogens (primary N) is 1. The number of pyridine rings is 1. The quantitative estimate of drug-likeness (QED) is 0.680. The number of ether oxygens (including phenoxy) is 1. The summed E-state index contributed by atoms with van der Waals surface area (Å²) in [7, 11) is 0. The van der Waals surface area contributed by atoms with Crippen molar-refractivity contribution in [2.75, 3.05) is 5.73 Å². The summed E-state index contributed by atoms with van der Waals surface area (Å²) >= 11 is 0. The van der Waals surface area contributed by atoms with E-state index < -0.39 is 41.5 Å². The summed E-state index contributed by atoms with van der Waals surface area (Å²) in [6.07, 6.45) is -7.65. The van der Waals surface area contributed by atoms with E-state index in [0.29, 0.717) is 12.1 Å². The van der Waals surface area contributed by atoms with Crippen molar-refractivity contribution < 1.29 is 31.1 Å². The van der Waals surface area contributed by atoms with Gasteiger partial charge in [-0.25, -0.2) is 4.52 Å². The highest BCUT2D eigenvalue weighted by Gasteiger charge is 2.42. The summed E-state index contributed by atoms with van der Waals surface area (Å²) in [4.78, 5) is 3.43. The predicted octanol–water partition coefficient (Wildman–Crippen LogP) is 2.27. The zero-order valence-electron chi connectivity index (χ0n) is 10.4. The van der Waals surface area contributed by atoms with Crippen LogP contribution in [0.2, 0.25) is 0 Å². The molecule has 0 aliphatic rings. The lowest BCUT2D eigenvalue weighted by molar-refractivity contribution is -0.176. The largest absolute Gasteiger partial charge is 0.464 e. The van der Waals surface area contributed by atoms with Gasteiger partial charge in [-0.1, -0.05) is 5.92 Å². The molecule has 0 unspecified atom stereocenters. The van der Waals surface area contributed by atoms with Crippen molar-refractivity contribution in [1.29, 1.82) is 0 Å². The Hall–Kier alpha value is -2.64. The van der Waals surface area contributed by atoms with Crippen LogP contribution in [0.15, 0.2) is 12.1 Å². The maximum Gasteiger partial charge on any atom is 0.437 e.